The van der Waals surface area contributed by atoms with Crippen molar-refractivity contribution in [1.29, 1.82) is 0 Å². The molecule has 2 saturated heterocycles. The van der Waals surface area contributed by atoms with Crippen molar-refractivity contribution in [2.24, 2.45) is 5.92 Å². The lowest BCUT2D eigenvalue weighted by Crippen LogP contribution is -2.49. The van der Waals surface area contributed by atoms with Gasteiger partial charge in [-0.15, -0.1) is 0 Å². The van der Waals surface area contributed by atoms with Gasteiger partial charge in [-0.2, -0.15) is 11.8 Å². The quantitative estimate of drug-likeness (QED) is 0.761. The maximum atomic E-state index is 6.14. The van der Waals surface area contributed by atoms with E-state index in [1.165, 1.54) is 30.8 Å². The number of rotatable bonds is 6. The Labute approximate surface area is 122 Å². The van der Waals surface area contributed by atoms with E-state index >= 15 is 0 Å². The van der Waals surface area contributed by atoms with Gasteiger partial charge in [0, 0.05) is 31.6 Å². The zero-order valence-electron chi connectivity index (χ0n) is 12.5. The molecule has 2 heterocycles. The van der Waals surface area contributed by atoms with E-state index in [-0.39, 0.29) is 5.60 Å². The number of hydrogen-bond acceptors (Lipinski definition) is 4. The largest absolute Gasteiger partial charge is 0.381 e. The highest BCUT2D eigenvalue weighted by atomic mass is 32.2. The minimum Gasteiger partial charge on any atom is -0.381 e. The zero-order valence-corrected chi connectivity index (χ0v) is 13.3. The molecule has 0 radical (unpaired) electrons. The van der Waals surface area contributed by atoms with Crippen LogP contribution in [0.4, 0.5) is 0 Å². The third kappa shape index (κ3) is 4.35. The Morgan fingerprint density at radius 2 is 2.11 bits per heavy atom. The molecule has 1 spiro atoms. The number of thioether (sulfide) groups is 1. The van der Waals surface area contributed by atoms with E-state index in [1.54, 1.807) is 0 Å². The van der Waals surface area contributed by atoms with Crippen molar-refractivity contribution in [1.82, 2.24) is 5.32 Å². The fourth-order valence-corrected chi connectivity index (χ4v) is 4.46. The fourth-order valence-electron chi connectivity index (χ4n) is 3.31. The Morgan fingerprint density at radius 3 is 2.79 bits per heavy atom. The summed E-state index contributed by atoms with van der Waals surface area (Å²) in [6.45, 7) is 4.94. The molecule has 4 heteroatoms. The lowest BCUT2D eigenvalue weighted by molar-refractivity contribution is -0.149. The van der Waals surface area contributed by atoms with E-state index in [4.69, 9.17) is 9.47 Å². The van der Waals surface area contributed by atoms with E-state index < -0.39 is 0 Å². The first-order chi connectivity index (χ1) is 9.29. The summed E-state index contributed by atoms with van der Waals surface area (Å²) in [5.74, 6) is 3.28. The molecule has 2 rings (SSSR count). The van der Waals surface area contributed by atoms with Gasteiger partial charge in [-0.3, -0.25) is 0 Å². The van der Waals surface area contributed by atoms with Gasteiger partial charge < -0.3 is 14.8 Å². The molecule has 0 aliphatic carbocycles. The highest BCUT2D eigenvalue weighted by Gasteiger charge is 2.40. The van der Waals surface area contributed by atoms with Crippen molar-refractivity contribution < 1.29 is 9.47 Å². The van der Waals surface area contributed by atoms with Crippen LogP contribution in [0, 0.1) is 5.92 Å². The molecule has 0 amide bonds. The smallest absolute Gasteiger partial charge is 0.0729 e. The normalized spacial score (nSPS) is 28.4. The number of ether oxygens (including phenoxy) is 2. The number of nitrogens with one attached hydrogen (secondary N) is 1. The highest BCUT2D eigenvalue weighted by molar-refractivity contribution is 7.99. The van der Waals surface area contributed by atoms with Gasteiger partial charge in [0.1, 0.15) is 0 Å². The first-order valence-corrected chi connectivity index (χ1v) is 8.92. The second kappa shape index (κ2) is 7.87. The molecule has 2 atom stereocenters. The SMILES string of the molecule is CCCSCC(NC)C1CCOC2(CCOCC2)C1. The predicted molar refractivity (Wildman–Crippen MR) is 81.9 cm³/mol. The lowest BCUT2D eigenvalue weighted by Gasteiger charge is -2.45. The Morgan fingerprint density at radius 1 is 1.32 bits per heavy atom. The maximum absolute atomic E-state index is 6.14. The molecule has 0 bridgehead atoms. The van der Waals surface area contributed by atoms with Crippen molar-refractivity contribution >= 4 is 11.8 Å². The summed E-state index contributed by atoms with van der Waals surface area (Å²) in [6.07, 6.45) is 5.87. The summed E-state index contributed by atoms with van der Waals surface area (Å²) < 4.78 is 11.6. The van der Waals surface area contributed by atoms with E-state index in [1.807, 2.05) is 0 Å². The van der Waals surface area contributed by atoms with Crippen LogP contribution >= 0.6 is 11.8 Å². The maximum Gasteiger partial charge on any atom is 0.0729 e. The monoisotopic (exact) mass is 287 g/mol. The molecule has 3 nitrogen and oxygen atoms in total. The average molecular weight is 287 g/mol. The van der Waals surface area contributed by atoms with Crippen LogP contribution < -0.4 is 5.32 Å². The van der Waals surface area contributed by atoms with Gasteiger partial charge in [-0.05, 0) is 50.8 Å². The average Bonchev–Trinajstić information content (AvgIpc) is 2.44. The van der Waals surface area contributed by atoms with Crippen molar-refractivity contribution in [2.45, 2.75) is 50.7 Å². The third-order valence-electron chi connectivity index (χ3n) is 4.52. The summed E-state index contributed by atoms with van der Waals surface area (Å²) in [4.78, 5) is 0. The summed E-state index contributed by atoms with van der Waals surface area (Å²) in [5.41, 5.74) is 0.131. The van der Waals surface area contributed by atoms with E-state index in [9.17, 15) is 0 Å². The van der Waals surface area contributed by atoms with Crippen LogP contribution in [0.15, 0.2) is 0 Å². The standard InChI is InChI=1S/C15H29NO2S/c1-3-10-19-12-14(16-2)13-4-7-18-15(11-13)5-8-17-9-6-15/h13-14,16H,3-12H2,1-2H3. The molecule has 2 aliphatic rings. The van der Waals surface area contributed by atoms with Gasteiger partial charge in [0.25, 0.3) is 0 Å². The zero-order chi connectivity index (χ0) is 13.6. The first-order valence-electron chi connectivity index (χ1n) is 7.76. The van der Waals surface area contributed by atoms with Crippen LogP contribution in [-0.4, -0.2) is 50.0 Å². The van der Waals surface area contributed by atoms with Crippen molar-refractivity contribution in [2.75, 3.05) is 38.4 Å². The Hall–Kier alpha value is 0.230. The first kappa shape index (κ1) is 15.6. The molecule has 0 aromatic rings. The second-order valence-corrected chi connectivity index (χ2v) is 7.02. The van der Waals surface area contributed by atoms with Gasteiger partial charge in [0.15, 0.2) is 0 Å². The van der Waals surface area contributed by atoms with Crippen molar-refractivity contribution in [3.05, 3.63) is 0 Å². The molecule has 112 valence electrons. The van der Waals surface area contributed by atoms with Crippen LogP contribution in [0.25, 0.3) is 0 Å². The molecule has 0 aromatic heterocycles. The van der Waals surface area contributed by atoms with Gasteiger partial charge in [0.2, 0.25) is 0 Å². The summed E-state index contributed by atoms with van der Waals surface area (Å²) >= 11 is 2.09. The molecular formula is C15H29NO2S. The molecule has 2 fully saturated rings. The molecule has 19 heavy (non-hydrogen) atoms. The Balaban J connectivity index is 1.87. The third-order valence-corrected chi connectivity index (χ3v) is 5.81. The Kier molecular flexibility index (Phi) is 6.46. The topological polar surface area (TPSA) is 30.5 Å². The molecular weight excluding hydrogens is 258 g/mol. The molecule has 0 saturated carbocycles. The fraction of sp³-hybridized carbons (Fsp3) is 1.00. The van der Waals surface area contributed by atoms with Crippen LogP contribution in [0.5, 0.6) is 0 Å². The van der Waals surface area contributed by atoms with Crippen LogP contribution in [0.2, 0.25) is 0 Å². The van der Waals surface area contributed by atoms with Gasteiger partial charge in [-0.25, -0.2) is 0 Å². The van der Waals surface area contributed by atoms with Crippen LogP contribution in [0.1, 0.15) is 39.0 Å². The predicted octanol–water partition coefficient (Wildman–Crippen LogP) is 2.69. The van der Waals surface area contributed by atoms with Gasteiger partial charge >= 0.3 is 0 Å². The molecule has 0 aromatic carbocycles. The molecule has 2 aliphatic heterocycles. The van der Waals surface area contributed by atoms with E-state index in [0.29, 0.717) is 6.04 Å². The minimum atomic E-state index is 0.131. The van der Waals surface area contributed by atoms with Crippen molar-refractivity contribution in [3.63, 3.8) is 0 Å². The second-order valence-electron chi connectivity index (χ2n) is 5.87. The minimum absolute atomic E-state index is 0.131. The summed E-state index contributed by atoms with van der Waals surface area (Å²) in [6, 6.07) is 0.639. The molecule has 2 unspecified atom stereocenters. The number of hydrogen-bond donors (Lipinski definition) is 1. The van der Waals surface area contributed by atoms with Crippen LogP contribution in [-0.2, 0) is 9.47 Å². The van der Waals surface area contributed by atoms with E-state index in [0.717, 1.165) is 38.6 Å². The van der Waals surface area contributed by atoms with E-state index in [2.05, 4.69) is 31.1 Å². The summed E-state index contributed by atoms with van der Waals surface area (Å²) in [7, 11) is 2.11. The Bertz CT molecular complexity index is 251. The van der Waals surface area contributed by atoms with Crippen LogP contribution in [0.3, 0.4) is 0 Å². The van der Waals surface area contributed by atoms with Gasteiger partial charge in [-0.1, -0.05) is 6.92 Å². The lowest BCUT2D eigenvalue weighted by atomic mass is 9.78. The van der Waals surface area contributed by atoms with Crippen molar-refractivity contribution in [3.8, 4) is 0 Å². The summed E-state index contributed by atoms with van der Waals surface area (Å²) in [5, 5.41) is 3.55. The molecule has 1 N–H and O–H groups in total. The highest BCUT2D eigenvalue weighted by Crippen LogP contribution is 2.38. The van der Waals surface area contributed by atoms with Gasteiger partial charge in [0.05, 0.1) is 5.60 Å².